The molecular formula is C21H21NO2. The van der Waals surface area contributed by atoms with Gasteiger partial charge in [0.1, 0.15) is 5.76 Å². The molecule has 1 atom stereocenters. The molecule has 1 aliphatic heterocycles. The summed E-state index contributed by atoms with van der Waals surface area (Å²) in [6.45, 7) is 2.20. The quantitative estimate of drug-likeness (QED) is 0.700. The zero-order chi connectivity index (χ0) is 16.8. The minimum atomic E-state index is -0.0675. The lowest BCUT2D eigenvalue weighted by Crippen LogP contribution is -2.27. The molecule has 0 N–H and O–H groups in total. The smallest absolute Gasteiger partial charge is 0.169 e. The van der Waals surface area contributed by atoms with Gasteiger partial charge in [0.25, 0.3) is 0 Å². The van der Waals surface area contributed by atoms with Crippen LogP contribution in [0.5, 0.6) is 11.5 Å². The second-order valence-electron chi connectivity index (χ2n) is 5.93. The number of nitriles is 1. The van der Waals surface area contributed by atoms with Crippen LogP contribution in [0.25, 0.3) is 6.08 Å². The highest BCUT2D eigenvalue weighted by Crippen LogP contribution is 2.37. The predicted octanol–water partition coefficient (Wildman–Crippen LogP) is 5.32. The van der Waals surface area contributed by atoms with E-state index in [1.807, 2.05) is 54.6 Å². The number of nitrogens with zero attached hydrogens (tertiary/aromatic N) is 1. The van der Waals surface area contributed by atoms with E-state index in [9.17, 15) is 0 Å². The van der Waals surface area contributed by atoms with Crippen molar-refractivity contribution in [1.82, 2.24) is 0 Å². The number of benzene rings is 2. The lowest BCUT2D eigenvalue weighted by atomic mass is 10.0. The Kier molecular flexibility index (Phi) is 5.18. The lowest BCUT2D eigenvalue weighted by molar-refractivity contribution is 0.139. The van der Waals surface area contributed by atoms with E-state index >= 15 is 0 Å². The van der Waals surface area contributed by atoms with E-state index in [1.54, 1.807) is 0 Å². The number of hydrogen-bond acceptors (Lipinski definition) is 3. The van der Waals surface area contributed by atoms with Gasteiger partial charge in [-0.15, -0.1) is 0 Å². The van der Waals surface area contributed by atoms with Crippen molar-refractivity contribution in [3.63, 3.8) is 0 Å². The van der Waals surface area contributed by atoms with Crippen molar-refractivity contribution < 1.29 is 9.47 Å². The summed E-state index contributed by atoms with van der Waals surface area (Å²) in [6.07, 6.45) is 6.35. The van der Waals surface area contributed by atoms with Crippen molar-refractivity contribution in [2.24, 2.45) is 0 Å². The van der Waals surface area contributed by atoms with E-state index in [4.69, 9.17) is 14.7 Å². The normalized spacial score (nSPS) is 17.5. The fourth-order valence-electron chi connectivity index (χ4n) is 2.76. The molecule has 122 valence electrons. The van der Waals surface area contributed by atoms with Crippen LogP contribution < -0.4 is 9.47 Å². The molecule has 3 rings (SSSR count). The Balaban J connectivity index is 1.86. The van der Waals surface area contributed by atoms with Gasteiger partial charge < -0.3 is 9.47 Å². The second kappa shape index (κ2) is 7.70. The van der Waals surface area contributed by atoms with Crippen LogP contribution in [0.1, 0.15) is 43.7 Å². The number of ether oxygens (including phenoxy) is 2. The van der Waals surface area contributed by atoms with Crippen LogP contribution in [-0.4, -0.2) is 6.10 Å². The molecule has 1 unspecified atom stereocenters. The van der Waals surface area contributed by atoms with Crippen molar-refractivity contribution in [2.75, 3.05) is 0 Å². The first-order valence-corrected chi connectivity index (χ1v) is 8.45. The van der Waals surface area contributed by atoms with E-state index in [0.717, 1.165) is 35.7 Å². The van der Waals surface area contributed by atoms with Crippen LogP contribution in [-0.2, 0) is 0 Å². The van der Waals surface area contributed by atoms with E-state index < -0.39 is 0 Å². The van der Waals surface area contributed by atoms with Gasteiger partial charge in [0.15, 0.2) is 17.6 Å². The molecule has 0 saturated heterocycles. The van der Waals surface area contributed by atoms with Crippen LogP contribution in [0, 0.1) is 11.3 Å². The largest absolute Gasteiger partial charge is 0.479 e. The number of unbranched alkanes of at least 4 members (excludes halogenated alkanes) is 2. The van der Waals surface area contributed by atoms with Gasteiger partial charge in [0.05, 0.1) is 11.6 Å². The molecule has 2 aromatic carbocycles. The zero-order valence-corrected chi connectivity index (χ0v) is 13.9. The average Bonchev–Trinajstić information content (AvgIpc) is 2.63. The van der Waals surface area contributed by atoms with E-state index in [-0.39, 0.29) is 6.10 Å². The molecule has 0 fully saturated rings. The Hall–Kier alpha value is -2.73. The van der Waals surface area contributed by atoms with Gasteiger partial charge in [-0.05, 0) is 48.7 Å². The molecule has 3 heteroatoms. The maximum absolute atomic E-state index is 8.91. The molecule has 0 amide bonds. The molecule has 0 aliphatic carbocycles. The van der Waals surface area contributed by atoms with Crippen molar-refractivity contribution in [1.29, 1.82) is 5.26 Å². The lowest BCUT2D eigenvalue weighted by Gasteiger charge is -2.28. The first-order valence-electron chi connectivity index (χ1n) is 8.45. The third-order valence-electron chi connectivity index (χ3n) is 4.08. The SMILES string of the molecule is CCCCCC1Oc2ccccc2O/C1=C/c1ccc(C#N)cc1. The van der Waals surface area contributed by atoms with Crippen LogP contribution >= 0.6 is 0 Å². The molecule has 24 heavy (non-hydrogen) atoms. The Morgan fingerprint density at radius 2 is 1.79 bits per heavy atom. The van der Waals surface area contributed by atoms with Crippen LogP contribution in [0.4, 0.5) is 0 Å². The maximum atomic E-state index is 8.91. The minimum absolute atomic E-state index is 0.0675. The molecule has 0 radical (unpaired) electrons. The molecule has 0 spiro atoms. The highest BCUT2D eigenvalue weighted by molar-refractivity contribution is 5.56. The number of rotatable bonds is 5. The van der Waals surface area contributed by atoms with Gasteiger partial charge in [0.2, 0.25) is 0 Å². The number of hydrogen-bond donors (Lipinski definition) is 0. The highest BCUT2D eigenvalue weighted by Gasteiger charge is 2.25. The van der Waals surface area contributed by atoms with Crippen molar-refractivity contribution in [3.8, 4) is 17.6 Å². The summed E-state index contributed by atoms with van der Waals surface area (Å²) >= 11 is 0. The predicted molar refractivity (Wildman–Crippen MR) is 94.8 cm³/mol. The molecule has 0 aromatic heterocycles. The van der Waals surface area contributed by atoms with Crippen molar-refractivity contribution in [3.05, 3.63) is 65.4 Å². The molecular weight excluding hydrogens is 298 g/mol. The van der Waals surface area contributed by atoms with Crippen LogP contribution in [0.15, 0.2) is 54.3 Å². The zero-order valence-electron chi connectivity index (χ0n) is 13.9. The Labute approximate surface area is 143 Å². The molecule has 1 heterocycles. The van der Waals surface area contributed by atoms with Gasteiger partial charge in [-0.2, -0.15) is 5.26 Å². The standard InChI is InChI=1S/C21H21NO2/c1-2-3-4-7-20-21(14-16-10-12-17(15-22)13-11-16)24-19-9-6-5-8-18(19)23-20/h5-6,8-14,20H,2-4,7H2,1H3/b21-14+. The summed E-state index contributed by atoms with van der Waals surface area (Å²) in [5.74, 6) is 2.38. The van der Waals surface area contributed by atoms with Gasteiger partial charge in [-0.1, -0.05) is 44.0 Å². The molecule has 1 aliphatic rings. The number of fused-ring (bicyclic) bond motifs is 1. The van der Waals surface area contributed by atoms with E-state index in [0.29, 0.717) is 5.56 Å². The molecule has 0 bridgehead atoms. The molecule has 3 nitrogen and oxygen atoms in total. The summed E-state index contributed by atoms with van der Waals surface area (Å²) in [4.78, 5) is 0. The summed E-state index contributed by atoms with van der Waals surface area (Å²) < 4.78 is 12.3. The summed E-state index contributed by atoms with van der Waals surface area (Å²) in [7, 11) is 0. The van der Waals surface area contributed by atoms with Gasteiger partial charge in [-0.3, -0.25) is 0 Å². The topological polar surface area (TPSA) is 42.2 Å². The average molecular weight is 319 g/mol. The minimum Gasteiger partial charge on any atom is -0.479 e. The van der Waals surface area contributed by atoms with Gasteiger partial charge >= 0.3 is 0 Å². The maximum Gasteiger partial charge on any atom is 0.169 e. The van der Waals surface area contributed by atoms with Crippen LogP contribution in [0.2, 0.25) is 0 Å². The summed E-state index contributed by atoms with van der Waals surface area (Å²) in [5.41, 5.74) is 1.66. The van der Waals surface area contributed by atoms with Crippen LogP contribution in [0.3, 0.4) is 0 Å². The first-order chi connectivity index (χ1) is 11.8. The summed E-state index contributed by atoms with van der Waals surface area (Å²) in [5, 5.41) is 8.91. The third-order valence-corrected chi connectivity index (χ3v) is 4.08. The van der Waals surface area contributed by atoms with Gasteiger partial charge in [-0.25, -0.2) is 0 Å². The fraction of sp³-hybridized carbons (Fsp3) is 0.286. The van der Waals surface area contributed by atoms with E-state index in [2.05, 4.69) is 13.0 Å². The number of para-hydroxylation sites is 2. The Morgan fingerprint density at radius 3 is 2.50 bits per heavy atom. The Morgan fingerprint density at radius 1 is 1.04 bits per heavy atom. The first kappa shape index (κ1) is 16.1. The Bertz CT molecular complexity index is 756. The van der Waals surface area contributed by atoms with Gasteiger partial charge in [0, 0.05) is 0 Å². The van der Waals surface area contributed by atoms with E-state index in [1.165, 1.54) is 12.8 Å². The highest BCUT2D eigenvalue weighted by atomic mass is 16.6. The fourth-order valence-corrected chi connectivity index (χ4v) is 2.76. The summed E-state index contributed by atoms with van der Waals surface area (Å²) in [6, 6.07) is 17.4. The second-order valence-corrected chi connectivity index (χ2v) is 5.93. The van der Waals surface area contributed by atoms with Crippen molar-refractivity contribution >= 4 is 6.08 Å². The molecule has 0 saturated carbocycles. The third kappa shape index (κ3) is 3.78. The monoisotopic (exact) mass is 319 g/mol. The molecule has 2 aromatic rings. The van der Waals surface area contributed by atoms with Crippen molar-refractivity contribution in [2.45, 2.75) is 38.7 Å².